The Morgan fingerprint density at radius 3 is 2.85 bits per heavy atom. The van der Waals surface area contributed by atoms with Crippen LogP contribution in [0.5, 0.6) is 11.5 Å². The monoisotopic (exact) mass is 381 g/mol. The molecule has 7 nitrogen and oxygen atoms in total. The maximum absolute atomic E-state index is 13.3. The molecule has 0 aromatic heterocycles. The molecule has 1 unspecified atom stereocenters. The number of halogens is 1. The molecule has 0 amide bonds. The smallest absolute Gasteiger partial charge is 0.341 e. The van der Waals surface area contributed by atoms with Crippen molar-refractivity contribution >= 4 is 16.0 Å². The van der Waals surface area contributed by atoms with E-state index in [1.165, 1.54) is 24.3 Å². The SMILES string of the molecule is O=C(O)COc1ccc2c(c1)OCCC2NS(=O)(=O)c1cccc(F)c1. The average Bonchev–Trinajstić information content (AvgIpc) is 2.60. The molecular formula is C17H16FNO6S. The number of aliphatic carboxylic acids is 1. The predicted molar refractivity (Wildman–Crippen MR) is 89.1 cm³/mol. The highest BCUT2D eigenvalue weighted by Gasteiger charge is 2.27. The summed E-state index contributed by atoms with van der Waals surface area (Å²) in [5.41, 5.74) is 0.596. The summed E-state index contributed by atoms with van der Waals surface area (Å²) in [6.07, 6.45) is 0.400. The van der Waals surface area contributed by atoms with Crippen molar-refractivity contribution in [1.29, 1.82) is 0 Å². The van der Waals surface area contributed by atoms with E-state index in [2.05, 4.69) is 4.72 Å². The van der Waals surface area contributed by atoms with Crippen LogP contribution in [0.15, 0.2) is 47.4 Å². The van der Waals surface area contributed by atoms with Crippen molar-refractivity contribution in [2.24, 2.45) is 0 Å². The molecule has 0 bridgehead atoms. The van der Waals surface area contributed by atoms with Crippen LogP contribution in [0.1, 0.15) is 18.0 Å². The van der Waals surface area contributed by atoms with Gasteiger partial charge in [0.15, 0.2) is 6.61 Å². The van der Waals surface area contributed by atoms with E-state index in [9.17, 15) is 17.6 Å². The minimum Gasteiger partial charge on any atom is -0.493 e. The molecule has 0 saturated heterocycles. The topological polar surface area (TPSA) is 102 Å². The Kier molecular flexibility index (Phi) is 5.10. The molecule has 1 aliphatic heterocycles. The highest BCUT2D eigenvalue weighted by molar-refractivity contribution is 7.89. The summed E-state index contributed by atoms with van der Waals surface area (Å²) in [7, 11) is -3.91. The molecule has 26 heavy (non-hydrogen) atoms. The van der Waals surface area contributed by atoms with Crippen molar-refractivity contribution in [2.45, 2.75) is 17.4 Å². The number of hydrogen-bond acceptors (Lipinski definition) is 5. The quantitative estimate of drug-likeness (QED) is 0.794. The number of carboxylic acids is 1. The fraction of sp³-hybridized carbons (Fsp3) is 0.235. The van der Waals surface area contributed by atoms with Gasteiger partial charge < -0.3 is 14.6 Å². The van der Waals surface area contributed by atoms with Gasteiger partial charge in [0.25, 0.3) is 0 Å². The molecule has 1 atom stereocenters. The van der Waals surface area contributed by atoms with Gasteiger partial charge in [-0.3, -0.25) is 0 Å². The minimum absolute atomic E-state index is 0.160. The zero-order chi connectivity index (χ0) is 18.7. The van der Waals surface area contributed by atoms with Crippen molar-refractivity contribution in [3.8, 4) is 11.5 Å². The maximum atomic E-state index is 13.3. The fourth-order valence-corrected chi connectivity index (χ4v) is 3.90. The lowest BCUT2D eigenvalue weighted by atomic mass is 10.0. The molecule has 0 fully saturated rings. The normalized spacial score (nSPS) is 16.4. The Balaban J connectivity index is 1.82. The summed E-state index contributed by atoms with van der Waals surface area (Å²) in [5.74, 6) is -1.03. The van der Waals surface area contributed by atoms with Crippen molar-refractivity contribution < 1.29 is 32.2 Å². The molecule has 1 aliphatic rings. The van der Waals surface area contributed by atoms with E-state index in [4.69, 9.17) is 14.6 Å². The second kappa shape index (κ2) is 7.30. The highest BCUT2D eigenvalue weighted by atomic mass is 32.2. The first-order valence-corrected chi connectivity index (χ1v) is 9.23. The second-order valence-corrected chi connectivity index (χ2v) is 7.36. The summed E-state index contributed by atoms with van der Waals surface area (Å²) >= 11 is 0. The lowest BCUT2D eigenvalue weighted by Crippen LogP contribution is -2.32. The minimum atomic E-state index is -3.91. The number of benzene rings is 2. The largest absolute Gasteiger partial charge is 0.493 e. The van der Waals surface area contributed by atoms with Gasteiger partial charge in [-0.1, -0.05) is 12.1 Å². The van der Waals surface area contributed by atoms with E-state index >= 15 is 0 Å². The van der Waals surface area contributed by atoms with Crippen LogP contribution in [-0.2, 0) is 14.8 Å². The van der Waals surface area contributed by atoms with E-state index < -0.39 is 34.5 Å². The Hall–Kier alpha value is -2.65. The highest BCUT2D eigenvalue weighted by Crippen LogP contribution is 2.35. The Morgan fingerprint density at radius 1 is 1.31 bits per heavy atom. The van der Waals surface area contributed by atoms with Crippen LogP contribution in [0, 0.1) is 5.82 Å². The van der Waals surface area contributed by atoms with Crippen LogP contribution in [-0.4, -0.2) is 32.7 Å². The first-order chi connectivity index (χ1) is 12.3. The molecule has 2 N–H and O–H groups in total. The maximum Gasteiger partial charge on any atom is 0.341 e. The number of rotatable bonds is 6. The number of sulfonamides is 1. The Labute approximate surface area is 149 Å². The van der Waals surface area contributed by atoms with Crippen LogP contribution in [0.3, 0.4) is 0 Å². The second-order valence-electron chi connectivity index (χ2n) is 5.65. The lowest BCUT2D eigenvalue weighted by molar-refractivity contribution is -0.139. The molecular weight excluding hydrogens is 365 g/mol. The number of carboxylic acid groups (broad SMARTS) is 1. The Morgan fingerprint density at radius 2 is 2.12 bits per heavy atom. The van der Waals surface area contributed by atoms with E-state index in [-0.39, 0.29) is 11.5 Å². The van der Waals surface area contributed by atoms with Gasteiger partial charge in [-0.15, -0.1) is 0 Å². The van der Waals surface area contributed by atoms with Gasteiger partial charge in [-0.25, -0.2) is 22.3 Å². The van der Waals surface area contributed by atoms with E-state index in [1.807, 2.05) is 0 Å². The van der Waals surface area contributed by atoms with Crippen molar-refractivity contribution in [1.82, 2.24) is 4.72 Å². The molecule has 3 rings (SSSR count). The number of hydrogen-bond donors (Lipinski definition) is 2. The molecule has 0 spiro atoms. The summed E-state index contributed by atoms with van der Waals surface area (Å²) in [4.78, 5) is 10.4. The number of fused-ring (bicyclic) bond motifs is 1. The van der Waals surface area contributed by atoms with Gasteiger partial charge in [0.05, 0.1) is 17.5 Å². The van der Waals surface area contributed by atoms with Crippen molar-refractivity contribution in [2.75, 3.05) is 13.2 Å². The van der Waals surface area contributed by atoms with Gasteiger partial charge in [-0.2, -0.15) is 0 Å². The van der Waals surface area contributed by atoms with Crippen LogP contribution in [0.2, 0.25) is 0 Å². The summed E-state index contributed by atoms with van der Waals surface area (Å²) in [6, 6.07) is 8.88. The third-order valence-corrected chi connectivity index (χ3v) is 5.26. The summed E-state index contributed by atoms with van der Waals surface area (Å²) in [6.45, 7) is -0.222. The van der Waals surface area contributed by atoms with Crippen LogP contribution in [0.4, 0.5) is 4.39 Å². The Bertz CT molecular complexity index is 931. The number of ether oxygens (including phenoxy) is 2. The van der Waals surface area contributed by atoms with E-state index in [0.717, 1.165) is 6.07 Å². The molecule has 0 saturated carbocycles. The number of nitrogens with one attached hydrogen (secondary N) is 1. The number of carbonyl (C=O) groups is 1. The standard InChI is InChI=1S/C17H16FNO6S/c18-11-2-1-3-13(8-11)26(22,23)19-15-6-7-24-16-9-12(4-5-14(15)16)25-10-17(20)21/h1-5,8-9,15,19H,6-7,10H2,(H,20,21). The lowest BCUT2D eigenvalue weighted by Gasteiger charge is -2.27. The van der Waals surface area contributed by atoms with Crippen LogP contribution in [0.25, 0.3) is 0 Å². The predicted octanol–water partition coefficient (Wildman–Crippen LogP) is 2.09. The van der Waals surface area contributed by atoms with Gasteiger partial charge in [0.2, 0.25) is 10.0 Å². The van der Waals surface area contributed by atoms with Gasteiger partial charge in [0.1, 0.15) is 17.3 Å². The van der Waals surface area contributed by atoms with Gasteiger partial charge in [0, 0.05) is 18.1 Å². The van der Waals surface area contributed by atoms with Crippen molar-refractivity contribution in [3.05, 3.63) is 53.8 Å². The zero-order valence-electron chi connectivity index (χ0n) is 13.5. The molecule has 2 aromatic carbocycles. The van der Waals surface area contributed by atoms with Gasteiger partial charge >= 0.3 is 5.97 Å². The first kappa shape index (κ1) is 18.2. The molecule has 2 aromatic rings. The molecule has 9 heteroatoms. The van der Waals surface area contributed by atoms with E-state index in [1.54, 1.807) is 12.1 Å². The summed E-state index contributed by atoms with van der Waals surface area (Å²) in [5, 5.41) is 8.65. The average molecular weight is 381 g/mol. The van der Waals surface area contributed by atoms with Gasteiger partial charge in [-0.05, 0) is 24.3 Å². The van der Waals surface area contributed by atoms with Crippen LogP contribution >= 0.6 is 0 Å². The fourth-order valence-electron chi connectivity index (χ4n) is 2.62. The molecule has 0 aliphatic carbocycles. The third-order valence-electron chi connectivity index (χ3n) is 3.79. The zero-order valence-corrected chi connectivity index (χ0v) is 14.3. The third kappa shape index (κ3) is 4.12. The summed E-state index contributed by atoms with van der Waals surface area (Å²) < 4.78 is 51.5. The van der Waals surface area contributed by atoms with E-state index in [0.29, 0.717) is 23.5 Å². The molecule has 0 radical (unpaired) electrons. The first-order valence-electron chi connectivity index (χ1n) is 7.74. The van der Waals surface area contributed by atoms with Crippen molar-refractivity contribution in [3.63, 3.8) is 0 Å². The molecule has 138 valence electrons. The molecule has 1 heterocycles. The van der Waals surface area contributed by atoms with Crippen LogP contribution < -0.4 is 14.2 Å².